The highest BCUT2D eigenvalue weighted by Crippen LogP contribution is 2.34. The number of carbonyl (C=O) groups excluding carboxylic acids is 1. The molecule has 0 aliphatic heterocycles. The van der Waals surface area contributed by atoms with Gasteiger partial charge in [0.1, 0.15) is 10.8 Å². The number of carbonyl (C=O) groups is 1. The number of phenols is 1. The van der Waals surface area contributed by atoms with Crippen LogP contribution in [0.5, 0.6) is 5.75 Å². The third-order valence-electron chi connectivity index (χ3n) is 4.11. The minimum atomic E-state index is -0.408. The lowest BCUT2D eigenvalue weighted by molar-refractivity contribution is 0.0601. The van der Waals surface area contributed by atoms with Crippen molar-refractivity contribution >= 4 is 45.3 Å². The van der Waals surface area contributed by atoms with Crippen LogP contribution in [0.15, 0.2) is 18.2 Å². The Morgan fingerprint density at radius 2 is 1.88 bits per heavy atom. The highest BCUT2D eigenvalue weighted by molar-refractivity contribution is 7.80. The molecule has 0 aliphatic rings. The number of rotatable bonds is 3. The van der Waals surface area contributed by atoms with E-state index in [9.17, 15) is 9.90 Å². The van der Waals surface area contributed by atoms with Crippen molar-refractivity contribution in [2.45, 2.75) is 40.0 Å². The molecule has 0 radical (unpaired) electrons. The Bertz CT molecular complexity index is 851. The molecule has 3 N–H and O–H groups in total. The van der Waals surface area contributed by atoms with Gasteiger partial charge in [0.25, 0.3) is 0 Å². The minimum Gasteiger partial charge on any atom is -0.506 e. The zero-order valence-corrected chi connectivity index (χ0v) is 17.4. The summed E-state index contributed by atoms with van der Waals surface area (Å²) >= 11 is 6.80. The Kier molecular flexibility index (Phi) is 5.93. The minimum absolute atomic E-state index is 0.0563. The van der Waals surface area contributed by atoms with E-state index in [1.165, 1.54) is 18.4 Å². The summed E-state index contributed by atoms with van der Waals surface area (Å²) < 4.78 is 4.87. The fourth-order valence-corrected chi connectivity index (χ4v) is 3.75. The number of nitrogens with one attached hydrogen (secondary N) is 2. The fourth-order valence-electron chi connectivity index (χ4n) is 2.42. The molecule has 0 unspecified atom stereocenters. The molecule has 140 valence electrons. The summed E-state index contributed by atoms with van der Waals surface area (Å²) in [6.07, 6.45) is 0. The first-order chi connectivity index (χ1) is 12.0. The van der Waals surface area contributed by atoms with Crippen LogP contribution in [0.25, 0.3) is 0 Å². The second kappa shape index (κ2) is 7.63. The van der Waals surface area contributed by atoms with Gasteiger partial charge in [0.2, 0.25) is 0 Å². The lowest BCUT2D eigenvalue weighted by Gasteiger charge is -2.21. The predicted octanol–water partition coefficient (Wildman–Crippen LogP) is 4.96. The summed E-state index contributed by atoms with van der Waals surface area (Å²) in [7, 11) is 1.35. The van der Waals surface area contributed by atoms with Crippen LogP contribution in [0.1, 0.15) is 47.1 Å². The fraction of sp³-hybridized carbons (Fsp3) is 0.368. The summed E-state index contributed by atoms with van der Waals surface area (Å²) in [6, 6.07) is 5.40. The molecule has 0 aliphatic carbocycles. The van der Waals surface area contributed by atoms with Crippen LogP contribution < -0.4 is 10.6 Å². The molecule has 0 saturated heterocycles. The highest BCUT2D eigenvalue weighted by Gasteiger charge is 2.21. The zero-order chi connectivity index (χ0) is 19.6. The summed E-state index contributed by atoms with van der Waals surface area (Å²) in [4.78, 5) is 13.1. The van der Waals surface area contributed by atoms with Crippen molar-refractivity contribution in [2.24, 2.45) is 0 Å². The van der Waals surface area contributed by atoms with Crippen molar-refractivity contribution in [3.63, 3.8) is 0 Å². The van der Waals surface area contributed by atoms with Crippen LogP contribution in [0.4, 0.5) is 10.7 Å². The number of anilines is 2. The van der Waals surface area contributed by atoms with E-state index in [4.69, 9.17) is 17.0 Å². The normalized spacial score (nSPS) is 11.2. The van der Waals surface area contributed by atoms with Crippen molar-refractivity contribution in [1.29, 1.82) is 0 Å². The summed E-state index contributed by atoms with van der Waals surface area (Å²) in [5.41, 5.74) is 2.87. The number of benzene rings is 1. The Morgan fingerprint density at radius 3 is 2.46 bits per heavy atom. The zero-order valence-electron chi connectivity index (χ0n) is 15.8. The quantitative estimate of drug-likeness (QED) is 0.389. The molecule has 0 saturated carbocycles. The standard InChI is InChI=1S/C19H24N2O3S2/c1-10-11(2)26-16(15(10)17(23)24-6)21-18(25)20-13-9-12(19(3,4)5)7-8-14(13)22/h7-9,22H,1-6H3,(H2,20,21,25). The van der Waals surface area contributed by atoms with E-state index in [1.807, 2.05) is 26.0 Å². The van der Waals surface area contributed by atoms with Gasteiger partial charge in [0.15, 0.2) is 5.11 Å². The maximum atomic E-state index is 12.1. The molecule has 2 aromatic rings. The van der Waals surface area contributed by atoms with Gasteiger partial charge in [-0.1, -0.05) is 26.8 Å². The number of phenolic OH excluding ortho intramolecular Hbond substituents is 1. The summed E-state index contributed by atoms with van der Waals surface area (Å²) in [5.74, 6) is -0.302. The van der Waals surface area contributed by atoms with Crippen molar-refractivity contribution in [1.82, 2.24) is 0 Å². The van der Waals surface area contributed by atoms with Crippen LogP contribution in [0.3, 0.4) is 0 Å². The second-order valence-electron chi connectivity index (χ2n) is 7.04. The molecule has 5 nitrogen and oxygen atoms in total. The van der Waals surface area contributed by atoms with Crippen molar-refractivity contribution in [3.8, 4) is 5.75 Å². The number of aryl methyl sites for hydroxylation is 1. The monoisotopic (exact) mass is 392 g/mol. The number of ether oxygens (including phenoxy) is 1. The van der Waals surface area contributed by atoms with E-state index in [0.717, 1.165) is 16.0 Å². The highest BCUT2D eigenvalue weighted by atomic mass is 32.1. The average Bonchev–Trinajstić information content (AvgIpc) is 2.81. The number of thiocarbonyl (C=S) groups is 1. The maximum Gasteiger partial charge on any atom is 0.341 e. The lowest BCUT2D eigenvalue weighted by Crippen LogP contribution is -2.21. The molecule has 1 aromatic carbocycles. The molecule has 0 spiro atoms. The second-order valence-corrected chi connectivity index (χ2v) is 8.67. The molecule has 2 rings (SSSR count). The van der Waals surface area contributed by atoms with E-state index >= 15 is 0 Å². The van der Waals surface area contributed by atoms with Gasteiger partial charge < -0.3 is 20.5 Å². The van der Waals surface area contributed by atoms with Gasteiger partial charge in [-0.05, 0) is 54.7 Å². The van der Waals surface area contributed by atoms with Gasteiger partial charge in [-0.3, -0.25) is 0 Å². The number of aromatic hydroxyl groups is 1. The SMILES string of the molecule is COC(=O)c1c(NC(=S)Nc2cc(C(C)(C)C)ccc2O)sc(C)c1C. The summed E-state index contributed by atoms with van der Waals surface area (Å²) in [5, 5.41) is 17.1. The third kappa shape index (κ3) is 4.34. The van der Waals surface area contributed by atoms with Crippen LogP contribution in [-0.2, 0) is 10.2 Å². The van der Waals surface area contributed by atoms with Gasteiger partial charge in [0.05, 0.1) is 18.4 Å². The molecule has 0 bridgehead atoms. The topological polar surface area (TPSA) is 70.6 Å². The maximum absolute atomic E-state index is 12.1. The largest absolute Gasteiger partial charge is 0.506 e. The average molecular weight is 393 g/mol. The summed E-state index contributed by atoms with van der Waals surface area (Å²) in [6.45, 7) is 10.1. The van der Waals surface area contributed by atoms with Crippen molar-refractivity contribution in [3.05, 3.63) is 39.8 Å². The van der Waals surface area contributed by atoms with E-state index in [0.29, 0.717) is 16.3 Å². The molecular weight excluding hydrogens is 368 g/mol. The van der Waals surface area contributed by atoms with Crippen molar-refractivity contribution < 1.29 is 14.6 Å². The Balaban J connectivity index is 2.25. The Labute approximate surface area is 163 Å². The number of methoxy groups -OCH3 is 1. The third-order valence-corrected chi connectivity index (χ3v) is 5.44. The van der Waals surface area contributed by atoms with Gasteiger partial charge in [-0.2, -0.15) is 0 Å². The van der Waals surface area contributed by atoms with Crippen molar-refractivity contribution in [2.75, 3.05) is 17.7 Å². The molecule has 0 atom stereocenters. The smallest absolute Gasteiger partial charge is 0.341 e. The Hall–Kier alpha value is -2.12. The van der Waals surface area contributed by atoms with E-state index < -0.39 is 5.97 Å². The predicted molar refractivity (Wildman–Crippen MR) is 112 cm³/mol. The molecule has 1 aromatic heterocycles. The molecular formula is C19H24N2O3S2. The van der Waals surface area contributed by atoms with Crippen LogP contribution in [0.2, 0.25) is 0 Å². The molecule has 26 heavy (non-hydrogen) atoms. The Morgan fingerprint density at radius 1 is 1.23 bits per heavy atom. The van der Waals surface area contributed by atoms with E-state index in [-0.39, 0.29) is 16.3 Å². The number of thiophene rings is 1. The van der Waals surface area contributed by atoms with Crippen LogP contribution in [-0.4, -0.2) is 23.3 Å². The number of hydrogen-bond acceptors (Lipinski definition) is 5. The molecule has 1 heterocycles. The molecule has 0 fully saturated rings. The first kappa shape index (κ1) is 20.2. The van der Waals surface area contributed by atoms with Gasteiger partial charge in [-0.25, -0.2) is 4.79 Å². The van der Waals surface area contributed by atoms with E-state index in [1.54, 1.807) is 6.07 Å². The first-order valence-corrected chi connectivity index (χ1v) is 9.37. The first-order valence-electron chi connectivity index (χ1n) is 8.14. The van der Waals surface area contributed by atoms with Gasteiger partial charge in [0, 0.05) is 4.88 Å². The van der Waals surface area contributed by atoms with Gasteiger partial charge in [-0.15, -0.1) is 11.3 Å². The number of hydrogen-bond donors (Lipinski definition) is 3. The van der Waals surface area contributed by atoms with Crippen LogP contribution >= 0.6 is 23.6 Å². The van der Waals surface area contributed by atoms with E-state index in [2.05, 4.69) is 31.4 Å². The van der Waals surface area contributed by atoms with Gasteiger partial charge >= 0.3 is 5.97 Å². The lowest BCUT2D eigenvalue weighted by atomic mass is 9.87. The molecule has 0 amide bonds. The van der Waals surface area contributed by atoms with Crippen LogP contribution in [0, 0.1) is 13.8 Å². The number of esters is 1. The molecule has 7 heteroatoms.